The molecular formula is C11H13ClN4O2S. The Labute approximate surface area is 116 Å². The van der Waals surface area contributed by atoms with Crippen LogP contribution in [-0.4, -0.2) is 30.0 Å². The van der Waals surface area contributed by atoms with E-state index in [1.165, 1.54) is 17.5 Å². The maximum absolute atomic E-state index is 12.2. The number of rotatable bonds is 4. The number of aromatic nitrogens is 2. The van der Waals surface area contributed by atoms with Crippen molar-refractivity contribution in [1.29, 1.82) is 0 Å². The van der Waals surface area contributed by atoms with Crippen LogP contribution in [-0.2, 0) is 16.6 Å². The Bertz CT molecular complexity index is 666. The highest BCUT2D eigenvalue weighted by atomic mass is 35.5. The van der Waals surface area contributed by atoms with Crippen LogP contribution in [0.4, 0.5) is 5.82 Å². The largest absolute Gasteiger partial charge is 0.383 e. The van der Waals surface area contributed by atoms with Crippen LogP contribution in [0, 0.1) is 0 Å². The molecule has 2 aromatic rings. The van der Waals surface area contributed by atoms with Gasteiger partial charge in [-0.1, -0.05) is 23.7 Å². The summed E-state index contributed by atoms with van der Waals surface area (Å²) in [5.41, 5.74) is 6.37. The number of H-pyrrole nitrogens is 1. The minimum atomic E-state index is -3.65. The SMILES string of the molecule is CN(Cc1ccc(Cl)cc1)S(=O)(=O)c1cn[nH]c1N. The second kappa shape index (κ2) is 5.20. The summed E-state index contributed by atoms with van der Waals surface area (Å²) in [5.74, 6) is 0.0305. The third-order valence-electron chi connectivity index (χ3n) is 2.64. The van der Waals surface area contributed by atoms with Gasteiger partial charge in [-0.2, -0.15) is 9.40 Å². The summed E-state index contributed by atoms with van der Waals surface area (Å²) in [6, 6.07) is 6.97. The summed E-state index contributed by atoms with van der Waals surface area (Å²) in [4.78, 5) is -0.0241. The number of hydrogen-bond donors (Lipinski definition) is 2. The van der Waals surface area contributed by atoms with Crippen molar-refractivity contribution >= 4 is 27.4 Å². The number of anilines is 1. The molecule has 2 rings (SSSR count). The Hall–Kier alpha value is -1.57. The zero-order valence-electron chi connectivity index (χ0n) is 10.2. The third-order valence-corrected chi connectivity index (χ3v) is 4.72. The second-order valence-electron chi connectivity index (χ2n) is 4.04. The second-order valence-corrected chi connectivity index (χ2v) is 6.49. The molecule has 0 radical (unpaired) electrons. The molecule has 1 aromatic heterocycles. The zero-order chi connectivity index (χ0) is 14.0. The lowest BCUT2D eigenvalue weighted by Gasteiger charge is -2.16. The molecule has 19 heavy (non-hydrogen) atoms. The van der Waals surface area contributed by atoms with Crippen LogP contribution < -0.4 is 5.73 Å². The van der Waals surface area contributed by atoms with Gasteiger partial charge >= 0.3 is 0 Å². The fraction of sp³-hybridized carbons (Fsp3) is 0.182. The minimum absolute atomic E-state index is 0.0241. The molecular weight excluding hydrogens is 288 g/mol. The maximum Gasteiger partial charge on any atom is 0.248 e. The highest BCUT2D eigenvalue weighted by Gasteiger charge is 2.24. The van der Waals surface area contributed by atoms with Crippen molar-refractivity contribution in [3.63, 3.8) is 0 Å². The molecule has 8 heteroatoms. The number of benzene rings is 1. The number of aromatic amines is 1. The topological polar surface area (TPSA) is 92.1 Å². The van der Waals surface area contributed by atoms with Gasteiger partial charge in [0.05, 0.1) is 6.20 Å². The summed E-state index contributed by atoms with van der Waals surface area (Å²) >= 11 is 5.78. The lowest BCUT2D eigenvalue weighted by molar-refractivity contribution is 0.467. The number of nitrogens with one attached hydrogen (secondary N) is 1. The predicted octanol–water partition coefficient (Wildman–Crippen LogP) is 1.47. The van der Waals surface area contributed by atoms with E-state index < -0.39 is 10.0 Å². The highest BCUT2D eigenvalue weighted by molar-refractivity contribution is 7.89. The van der Waals surface area contributed by atoms with Gasteiger partial charge in [0, 0.05) is 18.6 Å². The molecule has 0 unspecified atom stereocenters. The molecule has 0 bridgehead atoms. The van der Waals surface area contributed by atoms with E-state index in [0.29, 0.717) is 5.02 Å². The molecule has 1 aromatic carbocycles. The molecule has 0 fully saturated rings. The fourth-order valence-corrected chi connectivity index (χ4v) is 2.88. The van der Waals surface area contributed by atoms with E-state index in [-0.39, 0.29) is 17.3 Å². The average Bonchev–Trinajstić information content (AvgIpc) is 2.79. The van der Waals surface area contributed by atoms with Crippen molar-refractivity contribution in [3.05, 3.63) is 41.0 Å². The molecule has 0 atom stereocenters. The quantitative estimate of drug-likeness (QED) is 0.894. The lowest BCUT2D eigenvalue weighted by Crippen LogP contribution is -2.26. The van der Waals surface area contributed by atoms with E-state index in [2.05, 4.69) is 10.2 Å². The number of halogens is 1. The van der Waals surface area contributed by atoms with Gasteiger partial charge in [-0.3, -0.25) is 5.10 Å². The number of sulfonamides is 1. The highest BCUT2D eigenvalue weighted by Crippen LogP contribution is 2.20. The van der Waals surface area contributed by atoms with Gasteiger partial charge in [-0.25, -0.2) is 8.42 Å². The maximum atomic E-state index is 12.2. The Kier molecular flexibility index (Phi) is 3.79. The molecule has 102 valence electrons. The van der Waals surface area contributed by atoms with E-state index in [9.17, 15) is 8.42 Å². The summed E-state index contributed by atoms with van der Waals surface area (Å²) < 4.78 is 25.7. The van der Waals surface area contributed by atoms with Crippen LogP contribution >= 0.6 is 11.6 Å². The lowest BCUT2D eigenvalue weighted by atomic mass is 10.2. The van der Waals surface area contributed by atoms with E-state index in [1.807, 2.05) is 0 Å². The van der Waals surface area contributed by atoms with Gasteiger partial charge in [0.25, 0.3) is 0 Å². The first-order valence-corrected chi connectivity index (χ1v) is 7.22. The minimum Gasteiger partial charge on any atom is -0.383 e. The zero-order valence-corrected chi connectivity index (χ0v) is 11.7. The molecule has 0 saturated heterocycles. The molecule has 3 N–H and O–H groups in total. The molecule has 0 saturated carbocycles. The molecule has 0 aliphatic rings. The number of nitrogens with two attached hydrogens (primary N) is 1. The summed E-state index contributed by atoms with van der Waals surface area (Å²) in [5, 5.41) is 6.63. The molecule has 0 aliphatic carbocycles. The van der Waals surface area contributed by atoms with E-state index in [0.717, 1.165) is 5.56 Å². The van der Waals surface area contributed by atoms with Crippen molar-refractivity contribution in [2.45, 2.75) is 11.4 Å². The van der Waals surface area contributed by atoms with Gasteiger partial charge in [0.2, 0.25) is 10.0 Å². The van der Waals surface area contributed by atoms with Crippen molar-refractivity contribution in [1.82, 2.24) is 14.5 Å². The van der Waals surface area contributed by atoms with E-state index in [1.54, 1.807) is 24.3 Å². The van der Waals surface area contributed by atoms with Crippen LogP contribution in [0.2, 0.25) is 5.02 Å². The first kappa shape index (κ1) is 13.9. The van der Waals surface area contributed by atoms with Crippen LogP contribution in [0.25, 0.3) is 0 Å². The van der Waals surface area contributed by atoms with Gasteiger partial charge in [0.15, 0.2) is 0 Å². The summed E-state index contributed by atoms with van der Waals surface area (Å²) in [6.45, 7) is 0.226. The van der Waals surface area contributed by atoms with Crippen molar-refractivity contribution in [2.24, 2.45) is 0 Å². The normalized spacial score (nSPS) is 11.9. The molecule has 6 nitrogen and oxygen atoms in total. The monoisotopic (exact) mass is 300 g/mol. The van der Waals surface area contributed by atoms with Crippen LogP contribution in [0.1, 0.15) is 5.56 Å². The van der Waals surface area contributed by atoms with Crippen molar-refractivity contribution < 1.29 is 8.42 Å². The Morgan fingerprint density at radius 2 is 2.00 bits per heavy atom. The summed E-state index contributed by atoms with van der Waals surface area (Å²) in [6.07, 6.45) is 1.20. The fourth-order valence-electron chi connectivity index (χ4n) is 1.59. The van der Waals surface area contributed by atoms with Crippen molar-refractivity contribution in [2.75, 3.05) is 12.8 Å². The molecule has 0 aliphatic heterocycles. The van der Waals surface area contributed by atoms with Crippen LogP contribution in [0.5, 0.6) is 0 Å². The van der Waals surface area contributed by atoms with Crippen LogP contribution in [0.3, 0.4) is 0 Å². The van der Waals surface area contributed by atoms with E-state index in [4.69, 9.17) is 17.3 Å². The Balaban J connectivity index is 2.22. The third kappa shape index (κ3) is 2.89. The van der Waals surface area contributed by atoms with E-state index >= 15 is 0 Å². The van der Waals surface area contributed by atoms with Gasteiger partial charge in [0.1, 0.15) is 10.7 Å². The first-order valence-electron chi connectivity index (χ1n) is 5.41. The van der Waals surface area contributed by atoms with Crippen molar-refractivity contribution in [3.8, 4) is 0 Å². The number of hydrogen-bond acceptors (Lipinski definition) is 4. The molecule has 0 spiro atoms. The Morgan fingerprint density at radius 3 is 2.53 bits per heavy atom. The van der Waals surface area contributed by atoms with Gasteiger partial charge < -0.3 is 5.73 Å². The summed E-state index contributed by atoms with van der Waals surface area (Å²) in [7, 11) is -2.17. The Morgan fingerprint density at radius 1 is 1.37 bits per heavy atom. The first-order chi connectivity index (χ1) is 8.91. The average molecular weight is 301 g/mol. The standard InChI is InChI=1S/C11H13ClN4O2S/c1-16(7-8-2-4-9(12)5-3-8)19(17,18)10-6-14-15-11(10)13/h2-6H,7H2,1H3,(H3,13,14,15). The smallest absolute Gasteiger partial charge is 0.248 e. The van der Waals surface area contributed by atoms with Gasteiger partial charge in [-0.05, 0) is 17.7 Å². The van der Waals surface area contributed by atoms with Crippen LogP contribution in [0.15, 0.2) is 35.4 Å². The van der Waals surface area contributed by atoms with Gasteiger partial charge in [-0.15, -0.1) is 0 Å². The molecule has 1 heterocycles. The number of nitrogens with zero attached hydrogens (tertiary/aromatic N) is 2. The number of nitrogen functional groups attached to an aromatic ring is 1. The predicted molar refractivity (Wildman–Crippen MR) is 73.1 cm³/mol. The molecule has 0 amide bonds.